The van der Waals surface area contributed by atoms with E-state index in [0.717, 1.165) is 51.4 Å². The number of H-pyrrole nitrogens is 1. The zero-order chi connectivity index (χ0) is 28.4. The first-order valence-corrected chi connectivity index (χ1v) is 17.0. The Morgan fingerprint density at radius 1 is 1.12 bits per heavy atom. The summed E-state index contributed by atoms with van der Waals surface area (Å²) < 4.78 is 32.1. The molecule has 222 valence electrons. The topological polar surface area (TPSA) is 137 Å². The molecule has 5 aliphatic rings. The summed E-state index contributed by atoms with van der Waals surface area (Å²) >= 11 is 1.83. The number of nitrogens with zero attached hydrogens (tertiary/aromatic N) is 1. The quantitative estimate of drug-likeness (QED) is 0.336. The van der Waals surface area contributed by atoms with Crippen molar-refractivity contribution >= 4 is 36.6 Å². The summed E-state index contributed by atoms with van der Waals surface area (Å²) in [7, 11) is -2.83. The smallest absolute Gasteiger partial charge is 0.330 e. The Morgan fingerprint density at radius 3 is 2.70 bits per heavy atom. The molecule has 0 spiro atoms. The number of fused-ring (bicyclic) bond motifs is 5. The Kier molecular flexibility index (Phi) is 8.05. The number of ketones is 1. The molecule has 2 N–H and O–H groups in total. The van der Waals surface area contributed by atoms with E-state index in [9.17, 15) is 24.1 Å². The number of aromatic nitrogens is 2. The second kappa shape index (κ2) is 11.0. The lowest BCUT2D eigenvalue weighted by atomic mass is 9.45. The summed E-state index contributed by atoms with van der Waals surface area (Å²) in [6.45, 7) is 4.63. The number of Topliss-reactive ketones (excluding diaryl/α,β-unsaturated/α-hetero) is 1. The highest BCUT2D eigenvalue weighted by atomic mass is 125. The molecule has 1 saturated heterocycles. The second-order valence-corrected chi connectivity index (χ2v) is 15.5. The summed E-state index contributed by atoms with van der Waals surface area (Å²) in [6.07, 6.45) is 7.90. The van der Waals surface area contributed by atoms with Gasteiger partial charge in [-0.1, -0.05) is 13.8 Å². The number of carbonyl (C=O) groups is 1. The van der Waals surface area contributed by atoms with Crippen molar-refractivity contribution in [1.82, 2.24) is 9.55 Å². The highest BCUT2D eigenvalue weighted by Crippen LogP contribution is 2.66. The van der Waals surface area contributed by atoms with Gasteiger partial charge >= 0.3 is 13.9 Å². The Balaban J connectivity index is 1.05. The van der Waals surface area contributed by atoms with E-state index in [1.165, 1.54) is 17.2 Å². The Bertz CT molecular complexity index is 1300. The highest BCUT2D eigenvalue weighted by molar-refractivity contribution is 14.1. The van der Waals surface area contributed by atoms with Crippen LogP contribution in [0.5, 0.6) is 0 Å². The number of rotatable bonds is 6. The van der Waals surface area contributed by atoms with Gasteiger partial charge in [0.2, 0.25) is 0 Å². The van der Waals surface area contributed by atoms with Gasteiger partial charge < -0.3 is 18.9 Å². The van der Waals surface area contributed by atoms with Crippen molar-refractivity contribution in [3.63, 3.8) is 0 Å². The van der Waals surface area contributed by atoms with Crippen molar-refractivity contribution in [2.45, 2.75) is 103 Å². The van der Waals surface area contributed by atoms with Crippen molar-refractivity contribution in [2.75, 3.05) is 6.61 Å². The van der Waals surface area contributed by atoms with Crippen molar-refractivity contribution in [1.29, 1.82) is 0 Å². The maximum absolute atomic E-state index is 13.0. The summed E-state index contributed by atoms with van der Waals surface area (Å²) in [4.78, 5) is 38.3. The SMILES string of the molecule is C[C@]12CCC3C(CC[C@H]4CC(=O)CC[C@]34C)[C@@H]1CC[C@@H]2O[PH](=O)OCC1OC(n2cc([125I])c(=O)[nH]c2=O)CC1O. The fourth-order valence-corrected chi connectivity index (χ4v) is 10.6. The van der Waals surface area contributed by atoms with E-state index in [0.29, 0.717) is 33.0 Å². The van der Waals surface area contributed by atoms with Crippen molar-refractivity contribution in [3.05, 3.63) is 30.6 Å². The molecule has 40 heavy (non-hydrogen) atoms. The van der Waals surface area contributed by atoms with Crippen LogP contribution in [0.1, 0.15) is 84.3 Å². The molecule has 0 radical (unpaired) electrons. The third kappa shape index (κ3) is 5.04. The maximum atomic E-state index is 13.0. The van der Waals surface area contributed by atoms with Gasteiger partial charge in [0.05, 0.1) is 22.4 Å². The van der Waals surface area contributed by atoms with Gasteiger partial charge in [0, 0.05) is 25.5 Å². The van der Waals surface area contributed by atoms with Crippen molar-refractivity contribution in [3.8, 4) is 0 Å². The molecule has 10 nitrogen and oxygen atoms in total. The normalized spacial score (nSPS) is 43.6. The van der Waals surface area contributed by atoms with Crippen LogP contribution in [-0.2, 0) is 23.1 Å². The van der Waals surface area contributed by atoms with Crippen LogP contribution in [0.3, 0.4) is 0 Å². The Hall–Kier alpha value is -0.850. The van der Waals surface area contributed by atoms with Crippen molar-refractivity contribution in [2.24, 2.45) is 34.5 Å². The predicted octanol–water partition coefficient (Wildman–Crippen LogP) is 4.19. The summed E-state index contributed by atoms with van der Waals surface area (Å²) in [6, 6.07) is 0. The molecule has 0 aromatic carbocycles. The van der Waals surface area contributed by atoms with E-state index < -0.39 is 37.9 Å². The van der Waals surface area contributed by atoms with E-state index in [1.54, 1.807) is 0 Å². The Labute approximate surface area is 248 Å². The number of hydrogen-bond donors (Lipinski definition) is 2. The number of aliphatic hydroxyl groups excluding tert-OH is 1. The summed E-state index contributed by atoms with van der Waals surface area (Å²) in [5, 5.41) is 10.5. The molecule has 6 rings (SSSR count). The molecule has 6 unspecified atom stereocenters. The second-order valence-electron chi connectivity index (χ2n) is 13.3. The van der Waals surface area contributed by atoms with Gasteiger partial charge in [-0.25, -0.2) is 4.79 Å². The van der Waals surface area contributed by atoms with E-state index in [2.05, 4.69) is 18.8 Å². The van der Waals surface area contributed by atoms with Gasteiger partial charge in [0.15, 0.2) is 0 Å². The fraction of sp³-hybridized carbons (Fsp3) is 0.821. The van der Waals surface area contributed by atoms with Gasteiger partial charge in [0.1, 0.15) is 18.1 Å². The standard InChI is InChI=1S/C28H40IN2O8P/c1-27-9-7-16(32)11-15(27)3-4-17-18-5-6-23(28(18,2)10-8-19(17)27)39-40(36)37-14-22-21(33)12-24(38-22)31-13-20(29)25(34)30-26(31)35/h13,15,17-19,21-24,33,40H,3-12,14H2,1-2H3,(H,30,34,35)/t15-,17?,18-,19?,21?,22?,23-,24?,27-,28-/m0/s1/i29-2. The number of ether oxygens (including phenoxy) is 1. The summed E-state index contributed by atoms with van der Waals surface area (Å²) in [5.74, 6) is 2.77. The number of carbonyl (C=O) groups excluding carboxylic acids is 1. The van der Waals surface area contributed by atoms with Gasteiger partial charge in [-0.15, -0.1) is 0 Å². The number of aromatic amines is 1. The van der Waals surface area contributed by atoms with E-state index in [-0.39, 0.29) is 30.0 Å². The van der Waals surface area contributed by atoms with E-state index in [4.69, 9.17) is 13.8 Å². The fourth-order valence-electron chi connectivity index (χ4n) is 9.20. The van der Waals surface area contributed by atoms with Crippen LogP contribution in [-0.4, -0.2) is 45.4 Å². The number of hydrogen-bond acceptors (Lipinski definition) is 8. The minimum absolute atomic E-state index is 0.0461. The van der Waals surface area contributed by atoms with E-state index in [1.807, 2.05) is 22.6 Å². The molecule has 4 saturated carbocycles. The van der Waals surface area contributed by atoms with Crippen LogP contribution in [0.25, 0.3) is 0 Å². The van der Waals surface area contributed by atoms with Crippen LogP contribution in [0.4, 0.5) is 0 Å². The first-order valence-electron chi connectivity index (χ1n) is 14.7. The molecule has 4 aliphatic carbocycles. The number of nitrogens with one attached hydrogen (secondary N) is 1. The molecule has 11 atom stereocenters. The van der Waals surface area contributed by atoms with Crippen molar-refractivity contribution < 1.29 is 28.3 Å². The van der Waals surface area contributed by atoms with Gasteiger partial charge in [0.25, 0.3) is 5.56 Å². The van der Waals surface area contributed by atoms with E-state index >= 15 is 0 Å². The zero-order valence-electron chi connectivity index (χ0n) is 23.1. The molecule has 2 heterocycles. The van der Waals surface area contributed by atoms with Crippen LogP contribution in [0, 0.1) is 38.1 Å². The lowest BCUT2D eigenvalue weighted by Crippen LogP contribution is -2.54. The predicted molar refractivity (Wildman–Crippen MR) is 155 cm³/mol. The molecular formula is C28H40IN2O8P. The first-order chi connectivity index (χ1) is 19.0. The average Bonchev–Trinajstić information content (AvgIpc) is 3.44. The molecule has 1 aromatic heterocycles. The first kappa shape index (κ1) is 29.2. The van der Waals surface area contributed by atoms with Crippen LogP contribution in [0.2, 0.25) is 0 Å². The molecule has 0 amide bonds. The third-order valence-electron chi connectivity index (χ3n) is 11.4. The lowest BCUT2D eigenvalue weighted by Gasteiger charge is -2.60. The molecule has 1 aromatic rings. The largest absolute Gasteiger partial charge is 0.390 e. The van der Waals surface area contributed by atoms with Gasteiger partial charge in [-0.2, -0.15) is 0 Å². The molecule has 1 aliphatic heterocycles. The highest BCUT2D eigenvalue weighted by Gasteiger charge is 2.60. The van der Waals surface area contributed by atoms with Crippen LogP contribution < -0.4 is 11.2 Å². The maximum Gasteiger partial charge on any atom is 0.330 e. The molecule has 12 heteroatoms. The third-order valence-corrected chi connectivity index (χ3v) is 13.1. The Morgan fingerprint density at radius 2 is 1.90 bits per heavy atom. The van der Waals surface area contributed by atoms with Crippen LogP contribution in [0.15, 0.2) is 15.8 Å². The molecule has 0 bridgehead atoms. The molecular weight excluding hydrogens is 648 g/mol. The minimum atomic E-state index is -2.83. The lowest BCUT2D eigenvalue weighted by molar-refractivity contribution is -0.141. The van der Waals surface area contributed by atoms with Gasteiger partial charge in [-0.3, -0.25) is 23.7 Å². The number of aliphatic hydroxyl groups is 1. The monoisotopic (exact) mass is 688 g/mol. The zero-order valence-corrected chi connectivity index (χ0v) is 26.3. The number of halogens is 1. The average molecular weight is 689 g/mol. The minimum Gasteiger partial charge on any atom is -0.390 e. The molecule has 5 fully saturated rings. The summed E-state index contributed by atoms with van der Waals surface area (Å²) in [5.41, 5.74) is -0.874. The van der Waals surface area contributed by atoms with Crippen LogP contribution >= 0.6 is 30.8 Å². The van der Waals surface area contributed by atoms with Gasteiger partial charge in [-0.05, 0) is 102 Å².